The Morgan fingerprint density at radius 1 is 1.09 bits per heavy atom. The molecule has 3 heterocycles. The van der Waals surface area contributed by atoms with Crippen molar-refractivity contribution in [1.82, 2.24) is 9.47 Å². The number of carboxylic acids is 3. The number of piperazine rings is 1. The Bertz CT molecular complexity index is 1220. The summed E-state index contributed by atoms with van der Waals surface area (Å²) in [7, 11) is 2.02. The number of anilines is 1. The molecule has 0 aliphatic carbocycles. The van der Waals surface area contributed by atoms with Crippen LogP contribution in [0.4, 0.5) is 10.1 Å². The van der Waals surface area contributed by atoms with Gasteiger partial charge in [-0.2, -0.15) is 0 Å². The first-order chi connectivity index (χ1) is 16.0. The molecule has 0 radical (unpaired) electrons. The Labute approximate surface area is 192 Å². The van der Waals surface area contributed by atoms with Gasteiger partial charge in [0.05, 0.1) is 16.9 Å². The van der Waals surface area contributed by atoms with E-state index in [2.05, 4.69) is 4.90 Å². The number of aromatic carboxylic acids is 1. The molecule has 4 rings (SSSR count). The Kier molecular flexibility index (Phi) is 7.20. The minimum atomic E-state index is -1.32. The molecule has 0 unspecified atom stereocenters. The number of carboxylic acid groups (broad SMARTS) is 3. The number of hydrogen-bond donors (Lipinski definition) is 3. The van der Waals surface area contributed by atoms with Crippen molar-refractivity contribution in [2.45, 2.75) is 13.0 Å². The maximum absolute atomic E-state index is 15.0. The van der Waals surface area contributed by atoms with Crippen LogP contribution in [0.25, 0.3) is 10.9 Å². The number of pyridine rings is 1. The molecule has 12 heteroatoms. The van der Waals surface area contributed by atoms with Crippen molar-refractivity contribution in [3.05, 3.63) is 46.0 Å². The highest BCUT2D eigenvalue weighted by atomic mass is 19.1. The summed E-state index contributed by atoms with van der Waals surface area (Å²) >= 11 is 0. The molecule has 2 aliphatic heterocycles. The third-order valence-electron chi connectivity index (χ3n) is 5.56. The second-order valence-electron chi connectivity index (χ2n) is 7.98. The molecule has 1 saturated heterocycles. The normalized spacial score (nSPS) is 17.7. The SMILES string of the molecule is C[C@H]1COc2c(N3CCN(C)CC3)c(F)cc3c(=O)c(C(=O)O)cn1c23.O=C(O)/C=C\C(=O)O. The number of benzene rings is 1. The number of aromatic nitrogens is 1. The molecule has 0 spiro atoms. The summed E-state index contributed by atoms with van der Waals surface area (Å²) in [4.78, 5) is 47.2. The molecule has 1 atom stereocenters. The van der Waals surface area contributed by atoms with Gasteiger partial charge < -0.3 is 34.4 Å². The number of ether oxygens (including phenoxy) is 1. The van der Waals surface area contributed by atoms with Crippen molar-refractivity contribution in [1.29, 1.82) is 0 Å². The van der Waals surface area contributed by atoms with E-state index < -0.39 is 29.2 Å². The Balaban J connectivity index is 0.000000350. The second-order valence-corrected chi connectivity index (χ2v) is 7.98. The molecule has 11 nitrogen and oxygen atoms in total. The zero-order valence-electron chi connectivity index (χ0n) is 18.5. The first kappa shape index (κ1) is 24.7. The number of carbonyl (C=O) groups is 3. The summed E-state index contributed by atoms with van der Waals surface area (Å²) in [6, 6.07) is 0.994. The van der Waals surface area contributed by atoms with Crippen molar-refractivity contribution in [2.75, 3.05) is 44.7 Å². The van der Waals surface area contributed by atoms with Crippen molar-refractivity contribution in [2.24, 2.45) is 0 Å². The minimum absolute atomic E-state index is 0.0434. The van der Waals surface area contributed by atoms with Crippen molar-refractivity contribution in [3.63, 3.8) is 0 Å². The fourth-order valence-corrected chi connectivity index (χ4v) is 3.83. The number of likely N-dealkylation sites (N-methyl/N-ethyl adjacent to an activating group) is 1. The lowest BCUT2D eigenvalue weighted by Crippen LogP contribution is -2.45. The van der Waals surface area contributed by atoms with Crippen LogP contribution in [0, 0.1) is 5.82 Å². The van der Waals surface area contributed by atoms with E-state index in [9.17, 15) is 28.7 Å². The van der Waals surface area contributed by atoms with Gasteiger partial charge in [-0.3, -0.25) is 4.79 Å². The van der Waals surface area contributed by atoms with E-state index in [-0.39, 0.29) is 23.6 Å². The summed E-state index contributed by atoms with van der Waals surface area (Å²) in [5, 5.41) is 25.0. The van der Waals surface area contributed by atoms with E-state index in [0.29, 0.717) is 42.2 Å². The highest BCUT2D eigenvalue weighted by molar-refractivity contribution is 5.97. The minimum Gasteiger partial charge on any atom is -0.487 e. The highest BCUT2D eigenvalue weighted by Crippen LogP contribution is 2.42. The maximum atomic E-state index is 15.0. The van der Waals surface area contributed by atoms with Gasteiger partial charge in [0.1, 0.15) is 17.9 Å². The van der Waals surface area contributed by atoms with Gasteiger partial charge in [0.15, 0.2) is 11.6 Å². The van der Waals surface area contributed by atoms with Crippen LogP contribution in [0.2, 0.25) is 0 Å². The molecule has 1 aromatic heterocycles. The molecule has 2 aromatic rings. The fraction of sp³-hybridized carbons (Fsp3) is 0.364. The van der Waals surface area contributed by atoms with Crippen molar-refractivity contribution < 1.29 is 38.8 Å². The number of nitrogens with zero attached hydrogens (tertiary/aromatic N) is 3. The summed E-state index contributed by atoms with van der Waals surface area (Å²) in [5.41, 5.74) is -0.224. The predicted octanol–water partition coefficient (Wildman–Crippen LogP) is 1.26. The maximum Gasteiger partial charge on any atom is 0.341 e. The molecule has 0 bridgehead atoms. The third kappa shape index (κ3) is 5.01. The standard InChI is InChI=1S/C18H20FN3O4.C4H4O4/c1-10-9-26-17-14-11(16(23)12(18(24)25)8-22(10)14)7-13(19)15(17)21-5-3-20(2)4-6-21;5-3(6)1-2-4(7)8/h7-8,10H,3-6,9H2,1-2H3,(H,24,25);1-2H,(H,5,6)(H,7,8)/b;2-1-/t10-;/m0./s1. The summed E-state index contributed by atoms with van der Waals surface area (Å²) in [5.74, 6) is -4.06. The third-order valence-corrected chi connectivity index (χ3v) is 5.56. The molecule has 3 N–H and O–H groups in total. The van der Waals surface area contributed by atoms with Gasteiger partial charge in [0, 0.05) is 44.5 Å². The van der Waals surface area contributed by atoms with Crippen LogP contribution in [-0.4, -0.2) is 82.5 Å². The molecular weight excluding hydrogens is 453 g/mol. The monoisotopic (exact) mass is 477 g/mol. The van der Waals surface area contributed by atoms with E-state index in [0.717, 1.165) is 19.2 Å². The van der Waals surface area contributed by atoms with Crippen molar-refractivity contribution in [3.8, 4) is 5.75 Å². The summed E-state index contributed by atoms with van der Waals surface area (Å²) in [6.45, 7) is 5.08. The first-order valence-corrected chi connectivity index (χ1v) is 10.4. The Morgan fingerprint density at radius 3 is 2.21 bits per heavy atom. The van der Waals surface area contributed by atoms with E-state index in [1.54, 1.807) is 4.57 Å². The van der Waals surface area contributed by atoms with Gasteiger partial charge >= 0.3 is 17.9 Å². The van der Waals surface area contributed by atoms with Crippen LogP contribution in [0.5, 0.6) is 5.75 Å². The molecule has 1 fully saturated rings. The van der Waals surface area contributed by atoms with E-state index >= 15 is 0 Å². The van der Waals surface area contributed by atoms with Crippen molar-refractivity contribution >= 4 is 34.5 Å². The largest absolute Gasteiger partial charge is 0.487 e. The molecular formula is C22H24FN3O8. The average Bonchev–Trinajstić information content (AvgIpc) is 2.77. The molecule has 182 valence electrons. The quantitative estimate of drug-likeness (QED) is 0.549. The Morgan fingerprint density at radius 2 is 1.68 bits per heavy atom. The van der Waals surface area contributed by atoms with Gasteiger partial charge in [-0.1, -0.05) is 0 Å². The van der Waals surface area contributed by atoms with Gasteiger partial charge in [0.25, 0.3) is 0 Å². The number of halogens is 1. The summed E-state index contributed by atoms with van der Waals surface area (Å²) < 4.78 is 22.6. The van der Waals surface area contributed by atoms with Crippen LogP contribution in [0.15, 0.2) is 29.2 Å². The van der Waals surface area contributed by atoms with Crippen LogP contribution < -0.4 is 15.1 Å². The van der Waals surface area contributed by atoms with Crippen LogP contribution in [0.3, 0.4) is 0 Å². The number of hydrogen-bond acceptors (Lipinski definition) is 7. The van der Waals surface area contributed by atoms with Gasteiger partial charge in [-0.25, -0.2) is 18.8 Å². The van der Waals surface area contributed by atoms with Crippen LogP contribution >= 0.6 is 0 Å². The molecule has 1 aromatic carbocycles. The predicted molar refractivity (Wildman–Crippen MR) is 119 cm³/mol. The average molecular weight is 477 g/mol. The number of aliphatic carboxylic acids is 2. The lowest BCUT2D eigenvalue weighted by atomic mass is 10.1. The van der Waals surface area contributed by atoms with E-state index in [1.807, 2.05) is 18.9 Å². The van der Waals surface area contributed by atoms with E-state index in [1.165, 1.54) is 6.20 Å². The van der Waals surface area contributed by atoms with Gasteiger partial charge in [-0.05, 0) is 20.0 Å². The zero-order chi connectivity index (χ0) is 25.2. The van der Waals surface area contributed by atoms with E-state index in [4.69, 9.17) is 14.9 Å². The lowest BCUT2D eigenvalue weighted by molar-refractivity contribution is -0.134. The first-order valence-electron chi connectivity index (χ1n) is 10.4. The number of rotatable bonds is 4. The lowest BCUT2D eigenvalue weighted by Gasteiger charge is -2.37. The molecule has 34 heavy (non-hydrogen) atoms. The Hall–Kier alpha value is -3.93. The summed E-state index contributed by atoms with van der Waals surface area (Å²) in [6.07, 6.45) is 2.46. The van der Waals surface area contributed by atoms with Gasteiger partial charge in [0.2, 0.25) is 5.43 Å². The smallest absolute Gasteiger partial charge is 0.341 e. The molecule has 0 saturated carbocycles. The zero-order valence-corrected chi connectivity index (χ0v) is 18.5. The molecule has 0 amide bonds. The molecule has 2 aliphatic rings. The van der Waals surface area contributed by atoms with Gasteiger partial charge in [-0.15, -0.1) is 0 Å². The topological polar surface area (TPSA) is 150 Å². The fourth-order valence-electron chi connectivity index (χ4n) is 3.83. The van der Waals surface area contributed by atoms with Crippen LogP contribution in [0.1, 0.15) is 23.3 Å². The van der Waals surface area contributed by atoms with Crippen LogP contribution in [-0.2, 0) is 9.59 Å². The second kappa shape index (κ2) is 9.91. The highest BCUT2D eigenvalue weighted by Gasteiger charge is 2.30.